The largest absolute Gasteiger partial charge is 0.494 e. The summed E-state index contributed by atoms with van der Waals surface area (Å²) in [5.74, 6) is -14.0. The lowest BCUT2D eigenvalue weighted by Gasteiger charge is -2.34. The van der Waals surface area contributed by atoms with Crippen molar-refractivity contribution < 1.29 is 160 Å². The highest BCUT2D eigenvalue weighted by Crippen LogP contribution is 2.32. The number of rotatable bonds is 43. The third kappa shape index (κ3) is 43.0. The lowest BCUT2D eigenvalue weighted by molar-refractivity contribution is -0.193. The summed E-state index contributed by atoms with van der Waals surface area (Å²) in [6.45, 7) is 6.91. The van der Waals surface area contributed by atoms with Gasteiger partial charge in [0.25, 0.3) is 0 Å². The number of carboxylic acids is 7. The molecule has 0 saturated carbocycles. The smallest absolute Gasteiger partial charge is 0.490 e. The van der Waals surface area contributed by atoms with E-state index in [9.17, 15) is 112 Å². The van der Waals surface area contributed by atoms with Crippen LogP contribution in [0.5, 0.6) is 5.75 Å². The van der Waals surface area contributed by atoms with Gasteiger partial charge in [0.2, 0.25) is 33.7 Å². The van der Waals surface area contributed by atoms with Gasteiger partial charge in [0.15, 0.2) is 11.7 Å². The molecule has 1 aromatic heterocycles. The summed E-state index contributed by atoms with van der Waals surface area (Å²) < 4.78 is 147. The number of aryl methyl sites for hydroxylation is 2. The Hall–Kier alpha value is -10.2. The third-order valence-electron chi connectivity index (χ3n) is 16.4. The molecule has 5 rings (SSSR count). The van der Waals surface area contributed by atoms with E-state index in [1.165, 1.54) is 26.0 Å². The van der Waals surface area contributed by atoms with Gasteiger partial charge in [0.05, 0.1) is 64.1 Å². The maximum Gasteiger partial charge on any atom is 0.490 e. The molecular weight excluding hydrogens is 1620 g/mol. The number of ether oxygens (including phenoxy) is 4. The number of fused-ring (bicyclic) bond motifs is 1. The quantitative estimate of drug-likeness (QED) is 0.0275. The van der Waals surface area contributed by atoms with Gasteiger partial charge in [-0.3, -0.25) is 62.8 Å². The van der Waals surface area contributed by atoms with Crippen LogP contribution >= 0.6 is 0 Å². The number of nitrogens with two attached hydrogens (primary N) is 1. The Labute approximate surface area is 664 Å². The number of carbonyl (C=O) groups is 12. The molecule has 0 radical (unpaired) electrons. The van der Waals surface area contributed by atoms with E-state index in [-0.39, 0.29) is 138 Å². The Morgan fingerprint density at radius 1 is 0.598 bits per heavy atom. The van der Waals surface area contributed by atoms with E-state index in [0.717, 1.165) is 5.56 Å². The van der Waals surface area contributed by atoms with Gasteiger partial charge in [-0.15, -0.1) is 0 Å². The van der Waals surface area contributed by atoms with Gasteiger partial charge in [0.1, 0.15) is 23.9 Å². The number of Topliss-reactive ketones (excluding diaryl/α,β-unsaturated/α-hetero) is 1. The second-order valence-electron chi connectivity index (χ2n) is 25.8. The Bertz CT molecular complexity index is 3700. The van der Waals surface area contributed by atoms with Crippen molar-refractivity contribution in [3.8, 4) is 5.75 Å². The first-order valence-electron chi connectivity index (χ1n) is 35.9. The molecule has 2 aliphatic heterocycles. The number of aliphatic carboxylic acids is 7. The standard InChI is InChI=1S/C62H96N14O19S.3C2HF3O2/c1-43-33-46(34-44(2)58(43)96(90,91)71-49(61(88)89)38-68-60(87)51-36-52(77)47-12-11-45(35-50(47)72(51)3)37-69-62-66-16-17-67-62)95-28-6-10-53(78)64-14-7-26-92-29-31-94-32-30-93-27-8-15-65-59(86)48(9-4-5-13-63)70-54(79)39-73-18-20-74(40-55(80)81)22-24-76(42-57(84)85)25-23-75(21-19-73)41-56(82)83;3*3-2(4,5)1(6)7/h11-12,16-17,33-35,48-49,51,71H,4-10,13-15,18-32,36-42,63H2,1-3H3,(H,64,78)(H,65,86)(H,68,87)(H,70,79)(H,80,81)(H,82,83)(H,84,85)(H,88,89)(H2,66,67,69);3*(H,6,7). The SMILES string of the molecule is Cc1cc(OCCCC(=O)NCCCOCCOCCOCCCNC(=O)C(CCCCN)NC(=O)CN2CCN(CC(=O)O)CCN(CC(=O)O)CCN(CC(=O)O)CC2)cc(C)c1S(=O)(=O)NC(CNC(=O)C1CC(=O)c2ccc(CNc3ncc[nH]3)cc2N1C)C(=O)O.O=C(O)C(F)(F)F.O=C(O)C(F)(F)F.O=C(O)C(F)(F)F. The van der Waals surface area contributed by atoms with Crippen LogP contribution in [0.1, 0.15) is 78.4 Å². The number of H-pyrrole nitrogens is 1. The number of likely N-dealkylation sites (N-methyl/N-ethyl adjacent to an activating group) is 1. The zero-order valence-corrected chi connectivity index (χ0v) is 64.8. The number of nitrogens with one attached hydrogen (secondary N) is 7. The first-order valence-corrected chi connectivity index (χ1v) is 37.4. The molecule has 3 atom stereocenters. The van der Waals surface area contributed by atoms with Crippen LogP contribution in [0.25, 0.3) is 0 Å². The fourth-order valence-electron chi connectivity index (χ4n) is 10.7. The van der Waals surface area contributed by atoms with Crippen LogP contribution in [-0.4, -0.2) is 340 Å². The number of hydrogen-bond acceptors (Lipinski definition) is 26. The minimum Gasteiger partial charge on any atom is -0.494 e. The van der Waals surface area contributed by atoms with E-state index >= 15 is 0 Å². The van der Waals surface area contributed by atoms with Gasteiger partial charge in [-0.25, -0.2) is 27.8 Å². The first-order chi connectivity index (χ1) is 54.7. The number of aromatic nitrogens is 2. The maximum absolute atomic E-state index is 13.7. The topological polar surface area (TPSA) is 561 Å². The number of imidazole rings is 1. The molecule has 117 heavy (non-hydrogen) atoms. The highest BCUT2D eigenvalue weighted by molar-refractivity contribution is 7.89. The first kappa shape index (κ1) is 103. The van der Waals surface area contributed by atoms with Gasteiger partial charge < -0.3 is 96.9 Å². The monoisotopic (exact) mass is 1710 g/mol. The van der Waals surface area contributed by atoms with Crippen LogP contribution in [-0.2, 0) is 83.5 Å². The number of aromatic amines is 1. The van der Waals surface area contributed by atoms with Crippen molar-refractivity contribution in [1.82, 2.24) is 55.6 Å². The number of anilines is 2. The molecule has 660 valence electrons. The number of carboxylic acid groups (broad SMARTS) is 7. The molecule has 3 heterocycles. The average Bonchev–Trinajstić information content (AvgIpc) is 0.838. The number of halogens is 9. The van der Waals surface area contributed by atoms with Crippen LogP contribution in [0.2, 0.25) is 0 Å². The van der Waals surface area contributed by atoms with Gasteiger partial charge in [-0.2, -0.15) is 44.2 Å². The predicted octanol–water partition coefficient (Wildman–Crippen LogP) is 0.788. The van der Waals surface area contributed by atoms with E-state index in [1.54, 1.807) is 62.1 Å². The number of amides is 4. The van der Waals surface area contributed by atoms with Crippen LogP contribution in [0.4, 0.5) is 51.1 Å². The Kier molecular flexibility index (Phi) is 46.2. The van der Waals surface area contributed by atoms with E-state index in [1.807, 2.05) is 0 Å². The lowest BCUT2D eigenvalue weighted by Crippen LogP contribution is -2.54. The number of unbranched alkanes of at least 4 members (excludes halogenated alkanes) is 1. The van der Waals surface area contributed by atoms with Crippen LogP contribution < -0.4 is 46.7 Å². The number of sulfonamides is 1. The predicted molar refractivity (Wildman–Crippen MR) is 391 cm³/mol. The zero-order valence-electron chi connectivity index (χ0n) is 64.0. The summed E-state index contributed by atoms with van der Waals surface area (Å²) >= 11 is 0. The summed E-state index contributed by atoms with van der Waals surface area (Å²) in [5.41, 5.74) is 8.01. The Morgan fingerprint density at radius 3 is 1.50 bits per heavy atom. The molecule has 0 aliphatic carbocycles. The minimum atomic E-state index is -5.08. The van der Waals surface area contributed by atoms with Crippen molar-refractivity contribution in [3.63, 3.8) is 0 Å². The molecule has 2 aliphatic rings. The normalized spacial score (nSPS) is 15.2. The molecule has 16 N–H and O–H groups in total. The summed E-state index contributed by atoms with van der Waals surface area (Å²) in [6, 6.07) is 4.66. The van der Waals surface area contributed by atoms with Crippen molar-refractivity contribution in [1.29, 1.82) is 0 Å². The van der Waals surface area contributed by atoms with Crippen LogP contribution in [0, 0.1) is 13.8 Å². The molecule has 2 aromatic carbocycles. The molecule has 1 saturated heterocycles. The van der Waals surface area contributed by atoms with E-state index in [2.05, 4.69) is 41.3 Å². The number of nitrogens with zero attached hydrogens (tertiary/aromatic N) is 6. The van der Waals surface area contributed by atoms with Gasteiger partial charge in [-0.05, 0) is 99.9 Å². The van der Waals surface area contributed by atoms with E-state index < -0.39 is 107 Å². The highest BCUT2D eigenvalue weighted by Gasteiger charge is 2.41. The number of hydrogen-bond donors (Lipinski definition) is 15. The number of alkyl halides is 9. The zero-order chi connectivity index (χ0) is 88.2. The molecule has 3 aromatic rings. The van der Waals surface area contributed by atoms with Crippen molar-refractivity contribution in [3.05, 3.63) is 65.0 Å². The molecule has 49 heteroatoms. The number of carbonyl (C=O) groups excluding carboxylic acids is 5. The maximum atomic E-state index is 13.7. The summed E-state index contributed by atoms with van der Waals surface area (Å²) in [6.07, 6.45) is -9.03. The van der Waals surface area contributed by atoms with Crippen LogP contribution in [0.15, 0.2) is 47.6 Å². The van der Waals surface area contributed by atoms with Crippen LogP contribution in [0.3, 0.4) is 0 Å². The molecule has 39 nitrogen and oxygen atoms in total. The van der Waals surface area contributed by atoms with E-state index in [0.29, 0.717) is 121 Å². The lowest BCUT2D eigenvalue weighted by atomic mass is 9.93. The van der Waals surface area contributed by atoms with Crippen molar-refractivity contribution >= 4 is 92.9 Å². The molecule has 1 fully saturated rings. The second kappa shape index (κ2) is 52.5. The van der Waals surface area contributed by atoms with Crippen molar-refractivity contribution in [2.24, 2.45) is 5.73 Å². The van der Waals surface area contributed by atoms with Gasteiger partial charge in [-0.1, -0.05) is 6.07 Å². The van der Waals surface area contributed by atoms with E-state index in [4.69, 9.17) is 54.4 Å². The molecule has 3 unspecified atom stereocenters. The average molecular weight is 1720 g/mol. The van der Waals surface area contributed by atoms with Gasteiger partial charge >= 0.3 is 60.3 Å². The number of benzene rings is 2. The fraction of sp³-hybridized carbons (Fsp3) is 0.603. The van der Waals surface area contributed by atoms with Crippen molar-refractivity contribution in [2.75, 3.05) is 168 Å². The number of ketones is 1. The van der Waals surface area contributed by atoms with Gasteiger partial charge in [0, 0.05) is 135 Å². The molecule has 0 spiro atoms. The molecule has 0 bridgehead atoms. The van der Waals surface area contributed by atoms with Crippen molar-refractivity contribution in [2.45, 2.75) is 113 Å². The summed E-state index contributed by atoms with van der Waals surface area (Å²) in [7, 11) is -2.80. The second-order valence-corrected chi connectivity index (χ2v) is 27.4. The fourth-order valence-corrected chi connectivity index (χ4v) is 12.4. The molecular formula is C68H99F9N14O25S. The Balaban J connectivity index is 0.00000194. The summed E-state index contributed by atoms with van der Waals surface area (Å²) in [5, 5.41) is 74.1. The minimum absolute atomic E-state index is 0.142. The third-order valence-corrected chi connectivity index (χ3v) is 18.2. The Morgan fingerprint density at radius 2 is 1.06 bits per heavy atom. The summed E-state index contributed by atoms with van der Waals surface area (Å²) in [4.78, 5) is 155. The highest BCUT2D eigenvalue weighted by atomic mass is 32.2. The molecule has 4 amide bonds.